The topological polar surface area (TPSA) is 102 Å². The van der Waals surface area contributed by atoms with E-state index in [1.165, 1.54) is 11.8 Å². The number of nitrogens with one attached hydrogen (secondary N) is 1. The summed E-state index contributed by atoms with van der Waals surface area (Å²) in [6.45, 7) is -1.87. The van der Waals surface area contributed by atoms with Gasteiger partial charge in [-0.15, -0.1) is 11.6 Å². The van der Waals surface area contributed by atoms with Crippen LogP contribution in [0.2, 0.25) is 0 Å². The molecule has 0 radical (unpaired) electrons. The van der Waals surface area contributed by atoms with Crippen molar-refractivity contribution in [3.8, 4) is 0 Å². The van der Waals surface area contributed by atoms with Gasteiger partial charge in [0.05, 0.1) is 5.88 Å². The number of rotatable bonds is 14. The lowest BCUT2D eigenvalue weighted by molar-refractivity contribution is -0.180. The highest BCUT2D eigenvalue weighted by atomic mass is 35.5. The second-order valence-corrected chi connectivity index (χ2v) is 17.0. The molecule has 1 heterocycles. The van der Waals surface area contributed by atoms with Gasteiger partial charge in [0.15, 0.2) is 24.2 Å². The van der Waals surface area contributed by atoms with Gasteiger partial charge in [0.2, 0.25) is 0 Å². The van der Waals surface area contributed by atoms with E-state index in [0.29, 0.717) is 5.56 Å². The molecule has 3 atom stereocenters. The van der Waals surface area contributed by atoms with Crippen LogP contribution in [0.3, 0.4) is 0 Å². The zero-order valence-electron chi connectivity index (χ0n) is 31.1. The Morgan fingerprint density at radius 2 is 1.05 bits per heavy atom. The van der Waals surface area contributed by atoms with E-state index in [0.717, 1.165) is 27.0 Å². The molecule has 286 valence electrons. The van der Waals surface area contributed by atoms with Gasteiger partial charge in [-0.3, -0.25) is 19.3 Å². The van der Waals surface area contributed by atoms with Crippen LogP contribution in [0.15, 0.2) is 182 Å². The smallest absolute Gasteiger partial charge is 0.357 e. The lowest BCUT2D eigenvalue weighted by Gasteiger charge is -2.49. The second kappa shape index (κ2) is 17.8. The third-order valence-corrected chi connectivity index (χ3v) is 14.4. The molecule has 0 spiro atoms. The fourth-order valence-corrected chi connectivity index (χ4v) is 11.6. The largest absolute Gasteiger partial charge is 0.448 e. The predicted molar refractivity (Wildman–Crippen MR) is 226 cm³/mol. The van der Waals surface area contributed by atoms with Gasteiger partial charge in [-0.2, -0.15) is 0 Å². The third kappa shape index (κ3) is 7.98. The number of β-lactam (4-membered cyclic amide) rings is 1. The van der Waals surface area contributed by atoms with Crippen molar-refractivity contribution in [1.29, 1.82) is 0 Å². The number of nitrogens with zero attached hydrogens (tertiary/aromatic N) is 1. The summed E-state index contributed by atoms with van der Waals surface area (Å²) >= 11 is 6.00. The van der Waals surface area contributed by atoms with Crippen molar-refractivity contribution in [3.05, 3.63) is 199 Å². The molecule has 10 heteroatoms. The van der Waals surface area contributed by atoms with Crippen LogP contribution in [-0.4, -0.2) is 58.1 Å². The summed E-state index contributed by atoms with van der Waals surface area (Å²) in [6.07, 6.45) is -3.28. The van der Waals surface area contributed by atoms with Gasteiger partial charge in [0.25, 0.3) is 11.8 Å². The number of esters is 1. The first-order valence-corrected chi connectivity index (χ1v) is 20.8. The number of hydrogen-bond acceptors (Lipinski definition) is 6. The first-order chi connectivity index (χ1) is 27.8. The maximum atomic E-state index is 15.8. The van der Waals surface area contributed by atoms with Crippen LogP contribution in [0.4, 0.5) is 0 Å². The van der Waals surface area contributed by atoms with Crippen LogP contribution < -0.4 is 21.2 Å². The minimum Gasteiger partial charge on any atom is -0.448 e. The molecular formula is C47H40ClN2O6P. The van der Waals surface area contributed by atoms with E-state index in [4.69, 9.17) is 21.1 Å². The van der Waals surface area contributed by atoms with Crippen LogP contribution in [0.1, 0.15) is 34.5 Å². The minimum absolute atomic E-state index is 0.0219. The number of Topliss-reactive ketones (excluding diaryl/α,β-unsaturated/α-hetero) is 1. The average Bonchev–Trinajstić information content (AvgIpc) is 3.28. The number of ether oxygens (including phenoxy) is 2. The number of carbonyl (C=O) groups excluding carboxylic acids is 4. The summed E-state index contributed by atoms with van der Waals surface area (Å²) in [5.41, 5.74) is 1.78. The molecule has 0 aliphatic carbocycles. The lowest BCUT2D eigenvalue weighted by Crippen LogP contribution is -2.75. The van der Waals surface area contributed by atoms with E-state index < -0.39 is 54.9 Å². The molecule has 0 saturated carbocycles. The molecule has 6 aromatic carbocycles. The number of alkyl halides is 1. The molecule has 1 N–H and O–H groups in total. The Bertz CT molecular complexity index is 2240. The van der Waals surface area contributed by atoms with Crippen molar-refractivity contribution in [2.75, 3.05) is 5.88 Å². The summed E-state index contributed by atoms with van der Waals surface area (Å²) in [6, 6.07) is 54.7. The number of benzene rings is 6. The SMILES string of the molecule is C[C@@H](O[C@@H]1[C@@H](NC(=O)c2ccccc2)C(=O)N1C(C(=O)OC(c1ccccc1)c1ccccc1)=P(c1ccccc1)(c1ccccc1)c1ccccc1)C(=O)CCl. The van der Waals surface area contributed by atoms with Crippen molar-refractivity contribution in [3.63, 3.8) is 0 Å². The zero-order valence-corrected chi connectivity index (χ0v) is 32.7. The number of likely N-dealkylation sites (tertiary alicyclic amines) is 1. The van der Waals surface area contributed by atoms with E-state index in [2.05, 4.69) is 5.32 Å². The predicted octanol–water partition coefficient (Wildman–Crippen LogP) is 6.62. The molecule has 1 fully saturated rings. The van der Waals surface area contributed by atoms with Gasteiger partial charge in [-0.1, -0.05) is 170 Å². The molecular weight excluding hydrogens is 755 g/mol. The second-order valence-electron chi connectivity index (χ2n) is 13.4. The Morgan fingerprint density at radius 1 is 0.649 bits per heavy atom. The summed E-state index contributed by atoms with van der Waals surface area (Å²) < 4.78 is 13.1. The molecule has 0 unspecified atom stereocenters. The number of hydrogen-bond donors (Lipinski definition) is 1. The summed E-state index contributed by atoms with van der Waals surface area (Å²) in [7, 11) is 0. The van der Waals surface area contributed by atoms with Gasteiger partial charge >= 0.3 is 5.97 Å². The van der Waals surface area contributed by atoms with Gasteiger partial charge in [0, 0.05) is 12.4 Å². The van der Waals surface area contributed by atoms with Crippen LogP contribution >= 0.6 is 18.5 Å². The number of amides is 2. The van der Waals surface area contributed by atoms with Gasteiger partial charge < -0.3 is 14.8 Å². The third-order valence-electron chi connectivity index (χ3n) is 9.88. The molecule has 1 aliphatic rings. The zero-order chi connectivity index (χ0) is 39.8. The minimum atomic E-state index is -3.40. The Morgan fingerprint density at radius 3 is 1.47 bits per heavy atom. The lowest BCUT2D eigenvalue weighted by atomic mass is 10.0. The molecule has 57 heavy (non-hydrogen) atoms. The van der Waals surface area contributed by atoms with Crippen LogP contribution in [-0.2, 0) is 23.9 Å². The number of halogens is 1. The van der Waals surface area contributed by atoms with E-state index in [1.807, 2.05) is 152 Å². The molecule has 8 nitrogen and oxygen atoms in total. The first-order valence-electron chi connectivity index (χ1n) is 18.5. The van der Waals surface area contributed by atoms with Crippen molar-refractivity contribution >= 4 is 63.4 Å². The number of ketones is 1. The highest BCUT2D eigenvalue weighted by Gasteiger charge is 2.56. The van der Waals surface area contributed by atoms with Crippen LogP contribution in [0.25, 0.3) is 0 Å². The molecule has 7 rings (SSSR count). The molecule has 1 saturated heterocycles. The average molecular weight is 795 g/mol. The standard InChI is InChI=1S/C47H40ClN2O6P/c1-33(40(51)32-48)55-45-41(49-43(52)36-24-12-4-13-25-36)44(53)50(45)46(47(54)56-42(34-20-8-2-9-21-34)35-22-10-3-11-23-35)57(37-26-14-5-15-27-37,38-28-16-6-17-29-38)39-30-18-7-19-31-39/h2-31,33,41-42,45H,32H2,1H3,(H,49,52)/t33-,41+,45-/m1/s1. The van der Waals surface area contributed by atoms with Crippen molar-refractivity contribution in [1.82, 2.24) is 10.2 Å². The Labute approximate surface area is 337 Å². The normalized spacial score (nSPS) is 15.6. The Kier molecular flexibility index (Phi) is 12.3. The summed E-state index contributed by atoms with van der Waals surface area (Å²) in [4.78, 5) is 58.7. The maximum Gasteiger partial charge on any atom is 0.357 e. The monoisotopic (exact) mass is 794 g/mol. The molecule has 1 aliphatic heterocycles. The molecule has 0 aromatic heterocycles. The summed E-state index contributed by atoms with van der Waals surface area (Å²) in [5, 5.41) is 5.12. The van der Waals surface area contributed by atoms with Gasteiger partial charge in [-0.25, -0.2) is 4.79 Å². The summed E-state index contributed by atoms with van der Waals surface area (Å²) in [5.74, 6) is -2.68. The quantitative estimate of drug-likeness (QED) is 0.0576. The highest BCUT2D eigenvalue weighted by molar-refractivity contribution is 7.96. The van der Waals surface area contributed by atoms with E-state index in [1.54, 1.807) is 30.3 Å². The number of carbonyl (C=O) groups is 4. The maximum absolute atomic E-state index is 15.8. The van der Waals surface area contributed by atoms with Crippen molar-refractivity contribution in [2.45, 2.75) is 31.4 Å². The van der Waals surface area contributed by atoms with Crippen LogP contribution in [0, 0.1) is 0 Å². The van der Waals surface area contributed by atoms with Crippen LogP contribution in [0.5, 0.6) is 0 Å². The first kappa shape index (κ1) is 39.2. The van der Waals surface area contributed by atoms with E-state index in [9.17, 15) is 14.4 Å². The van der Waals surface area contributed by atoms with E-state index in [-0.39, 0.29) is 11.3 Å². The molecule has 0 bridgehead atoms. The fraction of sp³-hybridized carbons (Fsp3) is 0.128. The van der Waals surface area contributed by atoms with Gasteiger partial charge in [0.1, 0.15) is 11.5 Å². The molecule has 2 amide bonds. The Hall–Kier alpha value is -6.05. The van der Waals surface area contributed by atoms with E-state index >= 15 is 4.79 Å². The Balaban J connectivity index is 1.52. The van der Waals surface area contributed by atoms with Crippen molar-refractivity contribution < 1.29 is 28.7 Å². The van der Waals surface area contributed by atoms with Gasteiger partial charge in [-0.05, 0) is 46.1 Å². The fourth-order valence-electron chi connectivity index (χ4n) is 7.08. The molecule has 6 aromatic rings. The van der Waals surface area contributed by atoms with Crippen molar-refractivity contribution in [2.24, 2.45) is 0 Å². The highest BCUT2D eigenvalue weighted by Crippen LogP contribution is 2.49.